The van der Waals surface area contributed by atoms with Crippen LogP contribution in [0.4, 0.5) is 11.6 Å². The van der Waals surface area contributed by atoms with Gasteiger partial charge in [0, 0.05) is 31.6 Å². The molecule has 21 heavy (non-hydrogen) atoms. The van der Waals surface area contributed by atoms with Crippen LogP contribution in [0.2, 0.25) is 0 Å². The summed E-state index contributed by atoms with van der Waals surface area (Å²) in [5.74, 6) is 4.26. The van der Waals surface area contributed by atoms with Crippen LogP contribution in [0.5, 0.6) is 0 Å². The maximum absolute atomic E-state index is 4.71. The first-order valence-electron chi connectivity index (χ1n) is 8.30. The van der Waals surface area contributed by atoms with Gasteiger partial charge in [0.25, 0.3) is 0 Å². The molecular weight excluding hydrogens is 262 g/mol. The fourth-order valence-electron chi connectivity index (χ4n) is 3.04. The van der Waals surface area contributed by atoms with E-state index >= 15 is 0 Å². The van der Waals surface area contributed by atoms with Crippen LogP contribution in [0.3, 0.4) is 0 Å². The summed E-state index contributed by atoms with van der Waals surface area (Å²) in [6.07, 6.45) is 5.10. The van der Waals surface area contributed by atoms with E-state index in [-0.39, 0.29) is 0 Å². The van der Waals surface area contributed by atoms with E-state index < -0.39 is 0 Å². The fourth-order valence-corrected chi connectivity index (χ4v) is 3.04. The molecule has 5 nitrogen and oxygen atoms in total. The van der Waals surface area contributed by atoms with Crippen molar-refractivity contribution < 1.29 is 0 Å². The first kappa shape index (κ1) is 14.6. The summed E-state index contributed by atoms with van der Waals surface area (Å²) in [4.78, 5) is 11.8. The van der Waals surface area contributed by atoms with Crippen molar-refractivity contribution in [3.8, 4) is 0 Å². The predicted molar refractivity (Wildman–Crippen MR) is 86.9 cm³/mol. The summed E-state index contributed by atoms with van der Waals surface area (Å²) in [6.45, 7) is 6.43. The van der Waals surface area contributed by atoms with Crippen molar-refractivity contribution in [1.82, 2.24) is 14.9 Å². The van der Waals surface area contributed by atoms with Crippen molar-refractivity contribution in [2.75, 3.05) is 43.9 Å². The van der Waals surface area contributed by atoms with E-state index in [1.807, 2.05) is 6.07 Å². The number of rotatable bonds is 6. The lowest BCUT2D eigenvalue weighted by atomic mass is 9.98. The predicted octanol–water partition coefficient (Wildman–Crippen LogP) is 2.54. The maximum atomic E-state index is 4.71. The molecule has 0 aromatic carbocycles. The molecule has 0 amide bonds. The number of anilines is 2. The molecule has 1 aromatic rings. The number of nitrogens with zero attached hydrogens (tertiary/aromatic N) is 3. The number of aromatic nitrogens is 2. The Kier molecular flexibility index (Phi) is 4.58. The highest BCUT2D eigenvalue weighted by molar-refractivity contribution is 5.48. The minimum atomic E-state index is 0.588. The lowest BCUT2D eigenvalue weighted by Crippen LogP contribution is -2.35. The third kappa shape index (κ3) is 4.06. The van der Waals surface area contributed by atoms with Gasteiger partial charge in [0.15, 0.2) is 0 Å². The molecule has 0 spiro atoms. The van der Waals surface area contributed by atoms with Crippen molar-refractivity contribution in [3.63, 3.8) is 0 Å². The van der Waals surface area contributed by atoms with E-state index in [0.29, 0.717) is 5.92 Å². The van der Waals surface area contributed by atoms with Crippen LogP contribution in [0, 0.1) is 5.92 Å². The molecule has 0 radical (unpaired) electrons. The normalized spacial score (nSPS) is 23.0. The van der Waals surface area contributed by atoms with Gasteiger partial charge in [-0.2, -0.15) is 0 Å². The van der Waals surface area contributed by atoms with E-state index in [2.05, 4.69) is 34.5 Å². The third-order valence-corrected chi connectivity index (χ3v) is 4.34. The molecule has 1 saturated carbocycles. The standard InChI is InChI=1S/C16H27N5/c1-3-17-14-9-15(20-16(19-14)13-6-7-13)18-10-12-5-4-8-21(2)11-12/h9,12-13H,3-8,10-11H2,1-2H3,(H2,17,18,19,20). The van der Waals surface area contributed by atoms with E-state index in [1.165, 1.54) is 38.8 Å². The first-order valence-corrected chi connectivity index (χ1v) is 8.30. The zero-order valence-corrected chi connectivity index (χ0v) is 13.2. The second-order valence-corrected chi connectivity index (χ2v) is 6.45. The van der Waals surface area contributed by atoms with Gasteiger partial charge in [-0.25, -0.2) is 9.97 Å². The molecule has 2 heterocycles. The zero-order valence-electron chi connectivity index (χ0n) is 13.2. The van der Waals surface area contributed by atoms with Crippen LogP contribution in [0.1, 0.15) is 44.3 Å². The molecule has 1 aliphatic carbocycles. The Morgan fingerprint density at radius 3 is 2.62 bits per heavy atom. The summed E-state index contributed by atoms with van der Waals surface area (Å²) >= 11 is 0. The highest BCUT2D eigenvalue weighted by atomic mass is 15.1. The minimum Gasteiger partial charge on any atom is -0.370 e. The Hall–Kier alpha value is -1.36. The van der Waals surface area contributed by atoms with E-state index in [1.54, 1.807) is 0 Å². The number of hydrogen-bond donors (Lipinski definition) is 2. The van der Waals surface area contributed by atoms with Crippen LogP contribution in [-0.2, 0) is 0 Å². The summed E-state index contributed by atoms with van der Waals surface area (Å²) in [6, 6.07) is 2.04. The average Bonchev–Trinajstić information content (AvgIpc) is 3.30. The summed E-state index contributed by atoms with van der Waals surface area (Å²) in [5, 5.41) is 6.86. The van der Waals surface area contributed by atoms with E-state index in [0.717, 1.165) is 36.5 Å². The Bertz CT molecular complexity index is 472. The molecule has 3 rings (SSSR count). The Morgan fingerprint density at radius 1 is 1.19 bits per heavy atom. The van der Waals surface area contributed by atoms with E-state index in [9.17, 15) is 0 Å². The topological polar surface area (TPSA) is 53.1 Å². The smallest absolute Gasteiger partial charge is 0.136 e. The Labute approximate surface area is 127 Å². The summed E-state index contributed by atoms with van der Waals surface area (Å²) < 4.78 is 0. The molecule has 2 fully saturated rings. The molecule has 116 valence electrons. The third-order valence-electron chi connectivity index (χ3n) is 4.34. The van der Waals surface area contributed by atoms with Gasteiger partial charge >= 0.3 is 0 Å². The number of likely N-dealkylation sites (tertiary alicyclic amines) is 1. The van der Waals surface area contributed by atoms with Crippen molar-refractivity contribution in [2.24, 2.45) is 5.92 Å². The van der Waals surface area contributed by atoms with Crippen molar-refractivity contribution in [1.29, 1.82) is 0 Å². The second-order valence-electron chi connectivity index (χ2n) is 6.45. The van der Waals surface area contributed by atoms with Gasteiger partial charge in [-0.1, -0.05) is 0 Å². The monoisotopic (exact) mass is 289 g/mol. The Morgan fingerprint density at radius 2 is 1.95 bits per heavy atom. The van der Waals surface area contributed by atoms with Crippen LogP contribution in [0.15, 0.2) is 6.07 Å². The molecule has 0 bridgehead atoms. The highest BCUT2D eigenvalue weighted by Gasteiger charge is 2.27. The van der Waals surface area contributed by atoms with Crippen molar-refractivity contribution in [3.05, 3.63) is 11.9 Å². The van der Waals surface area contributed by atoms with E-state index in [4.69, 9.17) is 4.98 Å². The van der Waals surface area contributed by atoms with Crippen LogP contribution < -0.4 is 10.6 Å². The SMILES string of the molecule is CCNc1cc(NCC2CCCN(C)C2)nc(C2CC2)n1. The van der Waals surface area contributed by atoms with Crippen LogP contribution >= 0.6 is 0 Å². The largest absolute Gasteiger partial charge is 0.370 e. The lowest BCUT2D eigenvalue weighted by molar-refractivity contribution is 0.217. The summed E-state index contributed by atoms with van der Waals surface area (Å²) in [7, 11) is 2.21. The van der Waals surface area contributed by atoms with Gasteiger partial charge in [0.05, 0.1) is 0 Å². The molecular formula is C16H27N5. The molecule has 1 saturated heterocycles. The summed E-state index contributed by atoms with van der Waals surface area (Å²) in [5.41, 5.74) is 0. The fraction of sp³-hybridized carbons (Fsp3) is 0.750. The van der Waals surface area contributed by atoms with Crippen molar-refractivity contribution >= 4 is 11.6 Å². The lowest BCUT2D eigenvalue weighted by Gasteiger charge is -2.29. The van der Waals surface area contributed by atoms with Gasteiger partial charge in [-0.15, -0.1) is 0 Å². The number of nitrogens with one attached hydrogen (secondary N) is 2. The highest BCUT2D eigenvalue weighted by Crippen LogP contribution is 2.38. The molecule has 1 aliphatic heterocycles. The maximum Gasteiger partial charge on any atom is 0.136 e. The van der Waals surface area contributed by atoms with Gasteiger partial charge in [-0.05, 0) is 52.1 Å². The van der Waals surface area contributed by atoms with Crippen LogP contribution in [-0.4, -0.2) is 48.1 Å². The molecule has 2 N–H and O–H groups in total. The number of hydrogen-bond acceptors (Lipinski definition) is 5. The average molecular weight is 289 g/mol. The molecule has 2 aliphatic rings. The molecule has 1 unspecified atom stereocenters. The van der Waals surface area contributed by atoms with Crippen LogP contribution in [0.25, 0.3) is 0 Å². The molecule has 1 atom stereocenters. The quantitative estimate of drug-likeness (QED) is 0.843. The molecule has 5 heteroatoms. The second kappa shape index (κ2) is 6.60. The van der Waals surface area contributed by atoms with Gasteiger partial charge in [-0.3, -0.25) is 0 Å². The van der Waals surface area contributed by atoms with Gasteiger partial charge in [0.2, 0.25) is 0 Å². The first-order chi connectivity index (χ1) is 10.2. The molecule has 1 aromatic heterocycles. The minimum absolute atomic E-state index is 0.588. The Balaban J connectivity index is 1.63. The van der Waals surface area contributed by atoms with Crippen molar-refractivity contribution in [2.45, 2.75) is 38.5 Å². The van der Waals surface area contributed by atoms with Gasteiger partial charge < -0.3 is 15.5 Å². The van der Waals surface area contributed by atoms with Gasteiger partial charge in [0.1, 0.15) is 17.5 Å². The zero-order chi connectivity index (χ0) is 14.7. The number of piperidine rings is 1.